The zero-order chi connectivity index (χ0) is 10.6. The van der Waals surface area contributed by atoms with E-state index < -0.39 is 12.1 Å². The van der Waals surface area contributed by atoms with Crippen LogP contribution in [0, 0.1) is 0 Å². The van der Waals surface area contributed by atoms with Crippen LogP contribution in [-0.2, 0) is 4.79 Å². The van der Waals surface area contributed by atoms with E-state index in [1.807, 2.05) is 0 Å². The number of H-pyrrole nitrogens is 1. The van der Waals surface area contributed by atoms with Crippen molar-refractivity contribution >= 4 is 17.6 Å². The standard InChI is InChI=1S/C7H11N5O2/c1-4(11-7(8)14)6(13)12-5-2-9-10-3-5/h2-4H,1H3,(H,9,10)(H,12,13)(H3,8,11,14). The monoisotopic (exact) mass is 197 g/mol. The van der Waals surface area contributed by atoms with Crippen molar-refractivity contribution in [3.05, 3.63) is 12.4 Å². The number of aromatic nitrogens is 2. The molecule has 0 fully saturated rings. The van der Waals surface area contributed by atoms with Crippen LogP contribution in [0.15, 0.2) is 12.4 Å². The van der Waals surface area contributed by atoms with Gasteiger partial charge in [0.2, 0.25) is 5.91 Å². The highest BCUT2D eigenvalue weighted by Gasteiger charge is 2.13. The lowest BCUT2D eigenvalue weighted by Gasteiger charge is -2.10. The molecule has 14 heavy (non-hydrogen) atoms. The number of urea groups is 1. The van der Waals surface area contributed by atoms with Gasteiger partial charge in [-0.15, -0.1) is 0 Å². The van der Waals surface area contributed by atoms with Gasteiger partial charge in [0.15, 0.2) is 0 Å². The highest BCUT2D eigenvalue weighted by molar-refractivity contribution is 5.96. The number of carbonyl (C=O) groups excluding carboxylic acids is 2. The van der Waals surface area contributed by atoms with Crippen LogP contribution >= 0.6 is 0 Å². The van der Waals surface area contributed by atoms with Crippen LogP contribution in [0.5, 0.6) is 0 Å². The van der Waals surface area contributed by atoms with E-state index in [1.165, 1.54) is 19.3 Å². The molecule has 0 aliphatic carbocycles. The van der Waals surface area contributed by atoms with Crippen molar-refractivity contribution in [2.75, 3.05) is 5.32 Å². The Morgan fingerprint density at radius 3 is 2.86 bits per heavy atom. The van der Waals surface area contributed by atoms with Gasteiger partial charge >= 0.3 is 6.03 Å². The van der Waals surface area contributed by atoms with Crippen LogP contribution in [0.2, 0.25) is 0 Å². The summed E-state index contributed by atoms with van der Waals surface area (Å²) in [5.74, 6) is -0.356. The average molecular weight is 197 g/mol. The second kappa shape index (κ2) is 4.26. The molecular weight excluding hydrogens is 186 g/mol. The number of rotatable bonds is 3. The molecule has 0 spiro atoms. The number of nitrogens with one attached hydrogen (secondary N) is 3. The molecule has 7 heteroatoms. The zero-order valence-corrected chi connectivity index (χ0v) is 7.57. The zero-order valence-electron chi connectivity index (χ0n) is 7.57. The van der Waals surface area contributed by atoms with Crippen molar-refractivity contribution in [1.82, 2.24) is 15.5 Å². The summed E-state index contributed by atoms with van der Waals surface area (Å²) in [6.07, 6.45) is 2.98. The Morgan fingerprint density at radius 1 is 1.64 bits per heavy atom. The molecule has 1 rings (SSSR count). The van der Waals surface area contributed by atoms with Crippen molar-refractivity contribution in [1.29, 1.82) is 0 Å². The Hall–Kier alpha value is -2.05. The van der Waals surface area contributed by atoms with E-state index in [2.05, 4.69) is 20.8 Å². The number of carbonyl (C=O) groups is 2. The molecule has 5 N–H and O–H groups in total. The number of primary amides is 1. The van der Waals surface area contributed by atoms with Crippen LogP contribution in [0.3, 0.4) is 0 Å². The summed E-state index contributed by atoms with van der Waals surface area (Å²) in [5, 5.41) is 11.0. The fourth-order valence-electron chi connectivity index (χ4n) is 0.849. The Bertz CT molecular complexity index is 321. The van der Waals surface area contributed by atoms with Gasteiger partial charge in [-0.05, 0) is 6.92 Å². The summed E-state index contributed by atoms with van der Waals surface area (Å²) in [4.78, 5) is 21.8. The molecule has 1 heterocycles. The molecule has 0 aromatic carbocycles. The summed E-state index contributed by atoms with van der Waals surface area (Å²) >= 11 is 0. The van der Waals surface area contributed by atoms with Crippen molar-refractivity contribution in [3.63, 3.8) is 0 Å². The maximum Gasteiger partial charge on any atom is 0.312 e. The second-order valence-electron chi connectivity index (χ2n) is 2.71. The third-order valence-corrected chi connectivity index (χ3v) is 1.52. The lowest BCUT2D eigenvalue weighted by molar-refractivity contribution is -0.117. The van der Waals surface area contributed by atoms with E-state index in [0.29, 0.717) is 5.69 Å². The molecule has 0 saturated carbocycles. The number of hydrogen-bond donors (Lipinski definition) is 4. The van der Waals surface area contributed by atoms with E-state index in [-0.39, 0.29) is 5.91 Å². The van der Waals surface area contributed by atoms with Crippen LogP contribution in [0.4, 0.5) is 10.5 Å². The smallest absolute Gasteiger partial charge is 0.312 e. The second-order valence-corrected chi connectivity index (χ2v) is 2.71. The van der Waals surface area contributed by atoms with E-state index in [0.717, 1.165) is 0 Å². The Labute approximate surface area is 80.1 Å². The number of nitrogens with zero attached hydrogens (tertiary/aromatic N) is 1. The van der Waals surface area contributed by atoms with E-state index >= 15 is 0 Å². The number of amides is 3. The van der Waals surface area contributed by atoms with E-state index in [9.17, 15) is 9.59 Å². The molecule has 1 unspecified atom stereocenters. The molecule has 0 radical (unpaired) electrons. The van der Waals surface area contributed by atoms with Gasteiger partial charge in [-0.1, -0.05) is 0 Å². The van der Waals surface area contributed by atoms with Crippen LogP contribution in [0.1, 0.15) is 6.92 Å². The molecule has 3 amide bonds. The third kappa shape index (κ3) is 2.77. The van der Waals surface area contributed by atoms with Gasteiger partial charge in [-0.3, -0.25) is 9.89 Å². The van der Waals surface area contributed by atoms with Crippen molar-refractivity contribution in [3.8, 4) is 0 Å². The lowest BCUT2D eigenvalue weighted by atomic mass is 10.3. The predicted octanol–water partition coefficient (Wildman–Crippen LogP) is -0.595. The van der Waals surface area contributed by atoms with Crippen LogP contribution in [-0.4, -0.2) is 28.2 Å². The van der Waals surface area contributed by atoms with Gasteiger partial charge in [0.25, 0.3) is 0 Å². The SMILES string of the molecule is CC(NC(N)=O)C(=O)Nc1cn[nH]c1. The quantitative estimate of drug-likeness (QED) is 0.519. The van der Waals surface area contributed by atoms with Crippen LogP contribution in [0.25, 0.3) is 0 Å². The molecule has 1 aromatic heterocycles. The molecule has 7 nitrogen and oxygen atoms in total. The first kappa shape index (κ1) is 10.0. The fourth-order valence-corrected chi connectivity index (χ4v) is 0.849. The van der Waals surface area contributed by atoms with E-state index in [4.69, 9.17) is 5.73 Å². The first-order chi connectivity index (χ1) is 6.59. The summed E-state index contributed by atoms with van der Waals surface area (Å²) < 4.78 is 0. The highest BCUT2D eigenvalue weighted by atomic mass is 16.2. The Kier molecular flexibility index (Phi) is 3.05. The van der Waals surface area contributed by atoms with Crippen LogP contribution < -0.4 is 16.4 Å². The first-order valence-corrected chi connectivity index (χ1v) is 3.95. The first-order valence-electron chi connectivity index (χ1n) is 3.95. The predicted molar refractivity (Wildman–Crippen MR) is 49.4 cm³/mol. The van der Waals surface area contributed by atoms with Gasteiger partial charge in [-0.25, -0.2) is 4.79 Å². The minimum atomic E-state index is -0.736. The molecule has 0 saturated heterocycles. The topological polar surface area (TPSA) is 113 Å². The third-order valence-electron chi connectivity index (χ3n) is 1.52. The summed E-state index contributed by atoms with van der Waals surface area (Å²) in [6.45, 7) is 1.53. The highest BCUT2D eigenvalue weighted by Crippen LogP contribution is 2.01. The summed E-state index contributed by atoms with van der Waals surface area (Å²) in [5.41, 5.74) is 5.39. The molecule has 76 valence electrons. The van der Waals surface area contributed by atoms with Crippen molar-refractivity contribution in [2.24, 2.45) is 5.73 Å². The maximum absolute atomic E-state index is 11.3. The Balaban J connectivity index is 2.46. The maximum atomic E-state index is 11.3. The number of anilines is 1. The fraction of sp³-hybridized carbons (Fsp3) is 0.286. The molecule has 0 aliphatic rings. The van der Waals surface area contributed by atoms with Crippen molar-refractivity contribution in [2.45, 2.75) is 13.0 Å². The number of nitrogens with two attached hydrogens (primary N) is 1. The normalized spacial score (nSPS) is 11.8. The number of hydrogen-bond acceptors (Lipinski definition) is 3. The lowest BCUT2D eigenvalue weighted by Crippen LogP contribution is -2.44. The molecule has 1 atom stereocenters. The van der Waals surface area contributed by atoms with Crippen molar-refractivity contribution < 1.29 is 9.59 Å². The van der Waals surface area contributed by atoms with E-state index in [1.54, 1.807) is 0 Å². The van der Waals surface area contributed by atoms with Gasteiger partial charge in [0, 0.05) is 6.20 Å². The Morgan fingerprint density at radius 2 is 2.36 bits per heavy atom. The minimum absolute atomic E-state index is 0.356. The van der Waals surface area contributed by atoms with Gasteiger partial charge in [0.05, 0.1) is 11.9 Å². The average Bonchev–Trinajstić information content (AvgIpc) is 2.55. The minimum Gasteiger partial charge on any atom is -0.352 e. The molecule has 0 aliphatic heterocycles. The number of aromatic amines is 1. The van der Waals surface area contributed by atoms with Gasteiger partial charge in [0.1, 0.15) is 6.04 Å². The molecule has 1 aromatic rings. The molecular formula is C7H11N5O2. The van der Waals surface area contributed by atoms with Gasteiger partial charge < -0.3 is 16.4 Å². The van der Waals surface area contributed by atoms with Gasteiger partial charge in [-0.2, -0.15) is 5.10 Å². The largest absolute Gasteiger partial charge is 0.352 e. The summed E-state index contributed by atoms with van der Waals surface area (Å²) in [7, 11) is 0. The summed E-state index contributed by atoms with van der Waals surface area (Å²) in [6, 6.07) is -1.41. The molecule has 0 bridgehead atoms.